The third-order valence-electron chi connectivity index (χ3n) is 6.97. The van der Waals surface area contributed by atoms with Gasteiger partial charge in [0.15, 0.2) is 11.5 Å². The number of aryl methyl sites for hydroxylation is 1. The normalized spacial score (nSPS) is 13.5. The average Bonchev–Trinajstić information content (AvgIpc) is 3.20. The molecule has 0 bridgehead atoms. The Morgan fingerprint density at radius 1 is 0.951 bits per heavy atom. The monoisotopic (exact) mass is 569 g/mol. The fraction of sp³-hybridized carbons (Fsp3) is 0.467. The van der Waals surface area contributed by atoms with Gasteiger partial charge in [-0.25, -0.2) is 0 Å². The van der Waals surface area contributed by atoms with Crippen molar-refractivity contribution in [2.45, 2.75) is 51.5 Å². The molecule has 41 heavy (non-hydrogen) atoms. The predicted octanol–water partition coefficient (Wildman–Crippen LogP) is 3.12. The number of ether oxygens (including phenoxy) is 4. The second-order valence-corrected chi connectivity index (χ2v) is 9.69. The van der Waals surface area contributed by atoms with Crippen LogP contribution in [0, 0.1) is 0 Å². The van der Waals surface area contributed by atoms with Crippen LogP contribution in [0.15, 0.2) is 29.1 Å². The van der Waals surface area contributed by atoms with E-state index < -0.39 is 5.97 Å². The molecule has 0 saturated carbocycles. The van der Waals surface area contributed by atoms with E-state index in [1.54, 1.807) is 33.5 Å². The van der Waals surface area contributed by atoms with Crippen LogP contribution in [0.5, 0.6) is 17.2 Å². The third-order valence-corrected chi connectivity index (χ3v) is 6.97. The number of rotatable bonds is 13. The largest absolute Gasteiger partial charge is 0.493 e. The molecule has 0 aromatic heterocycles. The predicted molar refractivity (Wildman–Crippen MR) is 155 cm³/mol. The van der Waals surface area contributed by atoms with E-state index >= 15 is 0 Å². The zero-order valence-electron chi connectivity index (χ0n) is 24.3. The van der Waals surface area contributed by atoms with Gasteiger partial charge in [0.25, 0.3) is 0 Å². The Labute approximate surface area is 239 Å². The van der Waals surface area contributed by atoms with Gasteiger partial charge >= 0.3 is 5.97 Å². The van der Waals surface area contributed by atoms with Gasteiger partial charge in [0.05, 0.1) is 40.2 Å². The minimum absolute atomic E-state index is 0.141. The van der Waals surface area contributed by atoms with E-state index in [1.807, 2.05) is 12.1 Å². The fourth-order valence-electron chi connectivity index (χ4n) is 5.00. The molecule has 0 saturated heterocycles. The van der Waals surface area contributed by atoms with Crippen molar-refractivity contribution in [2.75, 3.05) is 46.8 Å². The van der Waals surface area contributed by atoms with Crippen LogP contribution in [-0.4, -0.2) is 59.3 Å². The molecule has 222 valence electrons. The van der Waals surface area contributed by atoms with Gasteiger partial charge in [-0.05, 0) is 60.6 Å². The van der Waals surface area contributed by atoms with Crippen LogP contribution >= 0.6 is 0 Å². The lowest BCUT2D eigenvalue weighted by molar-refractivity contribution is -0.141. The molecule has 1 atom stereocenters. The molecule has 0 heterocycles. The van der Waals surface area contributed by atoms with Gasteiger partial charge in [0.2, 0.25) is 23.0 Å². The first-order valence-electron chi connectivity index (χ1n) is 13.6. The number of amides is 2. The zero-order valence-corrected chi connectivity index (χ0v) is 24.3. The zero-order chi connectivity index (χ0) is 29.9. The van der Waals surface area contributed by atoms with E-state index in [1.165, 1.54) is 14.0 Å². The molecule has 0 unspecified atom stereocenters. The van der Waals surface area contributed by atoms with Crippen molar-refractivity contribution in [1.82, 2.24) is 10.6 Å². The molecule has 1 aliphatic rings. The standard InChI is InChI=1S/C30H39N3O8/c1-18(34)33-22-12-10-19-15-25(38-2)29(40-4)30(41-5)28(19)20-11-13-23(24(35)16-21(20)22)31-14-8-6-7-9-26(36)32-17-27(37)39-3/h11,13,15-16,22H,6-10,12,14,17H2,1-5H3,(H,31,35)(H,32,36)(H,33,34)/t22-/m0/s1. The number of hydrogen-bond donors (Lipinski definition) is 3. The summed E-state index contributed by atoms with van der Waals surface area (Å²) in [6.07, 6.45) is 3.66. The highest BCUT2D eigenvalue weighted by Gasteiger charge is 2.29. The Morgan fingerprint density at radius 3 is 2.37 bits per heavy atom. The summed E-state index contributed by atoms with van der Waals surface area (Å²) in [5.41, 5.74) is 3.43. The van der Waals surface area contributed by atoms with Crippen molar-refractivity contribution < 1.29 is 33.3 Å². The number of anilines is 1. The molecule has 3 N–H and O–H groups in total. The minimum atomic E-state index is -0.492. The van der Waals surface area contributed by atoms with E-state index in [0.717, 1.165) is 29.5 Å². The number of benzene rings is 1. The fourth-order valence-corrected chi connectivity index (χ4v) is 5.00. The molecule has 2 amide bonds. The van der Waals surface area contributed by atoms with Crippen LogP contribution in [0.25, 0.3) is 11.1 Å². The lowest BCUT2D eigenvalue weighted by Crippen LogP contribution is -2.29. The number of carbonyl (C=O) groups is 3. The van der Waals surface area contributed by atoms with Crippen LogP contribution in [-0.2, 0) is 25.5 Å². The van der Waals surface area contributed by atoms with E-state index in [-0.39, 0.29) is 29.8 Å². The Balaban J connectivity index is 1.84. The second kappa shape index (κ2) is 14.9. The number of methoxy groups -OCH3 is 4. The van der Waals surface area contributed by atoms with E-state index in [4.69, 9.17) is 14.2 Å². The number of nitrogens with one attached hydrogen (secondary N) is 3. The molecule has 2 aromatic carbocycles. The van der Waals surface area contributed by atoms with Crippen molar-refractivity contribution in [1.29, 1.82) is 0 Å². The molecule has 2 aromatic rings. The summed E-state index contributed by atoms with van der Waals surface area (Å²) in [5.74, 6) is 0.592. The molecule has 3 rings (SSSR count). The van der Waals surface area contributed by atoms with Crippen LogP contribution in [0.1, 0.15) is 56.2 Å². The highest BCUT2D eigenvalue weighted by Crippen LogP contribution is 2.50. The number of hydrogen-bond acceptors (Lipinski definition) is 9. The maximum atomic E-state index is 13.3. The van der Waals surface area contributed by atoms with E-state index in [0.29, 0.717) is 60.7 Å². The number of carbonyl (C=O) groups excluding carboxylic acids is 3. The van der Waals surface area contributed by atoms with Crippen LogP contribution < -0.4 is 35.6 Å². The van der Waals surface area contributed by atoms with Gasteiger partial charge in [0, 0.05) is 25.5 Å². The summed E-state index contributed by atoms with van der Waals surface area (Å²) in [7, 11) is 5.94. The summed E-state index contributed by atoms with van der Waals surface area (Å²) in [4.78, 5) is 48.4. The molecule has 11 nitrogen and oxygen atoms in total. The van der Waals surface area contributed by atoms with E-state index in [2.05, 4.69) is 20.7 Å². The van der Waals surface area contributed by atoms with Crippen molar-refractivity contribution in [2.24, 2.45) is 0 Å². The first-order chi connectivity index (χ1) is 19.7. The maximum Gasteiger partial charge on any atom is 0.325 e. The molecule has 0 radical (unpaired) electrons. The van der Waals surface area contributed by atoms with Gasteiger partial charge in [-0.2, -0.15) is 0 Å². The number of fused-ring (bicyclic) bond motifs is 3. The van der Waals surface area contributed by atoms with Gasteiger partial charge in [-0.15, -0.1) is 0 Å². The number of esters is 1. The molecule has 0 fully saturated rings. The SMILES string of the molecule is COC(=O)CNC(=O)CCCCCNc1ccc2c(cc1=O)[C@@H](NC(C)=O)CCc1cc(OC)c(OC)c(OC)c1-2. The highest BCUT2D eigenvalue weighted by atomic mass is 16.5. The summed E-state index contributed by atoms with van der Waals surface area (Å²) >= 11 is 0. The average molecular weight is 570 g/mol. The first-order valence-corrected chi connectivity index (χ1v) is 13.6. The molecule has 0 spiro atoms. The minimum Gasteiger partial charge on any atom is -0.493 e. The van der Waals surface area contributed by atoms with Gasteiger partial charge in [-0.1, -0.05) is 12.5 Å². The summed E-state index contributed by atoms with van der Waals surface area (Å²) in [5, 5.41) is 8.74. The maximum absolute atomic E-state index is 13.3. The van der Waals surface area contributed by atoms with Gasteiger partial charge < -0.3 is 34.9 Å². The molecular weight excluding hydrogens is 530 g/mol. The quantitative estimate of drug-likeness (QED) is 0.245. The highest BCUT2D eigenvalue weighted by molar-refractivity contribution is 5.84. The summed E-state index contributed by atoms with van der Waals surface area (Å²) < 4.78 is 21.5. The Bertz CT molecular complexity index is 1330. The van der Waals surface area contributed by atoms with Gasteiger partial charge in [-0.3, -0.25) is 19.2 Å². The third kappa shape index (κ3) is 7.90. The Kier molecular flexibility index (Phi) is 11.4. The molecule has 0 aliphatic heterocycles. The summed E-state index contributed by atoms with van der Waals surface area (Å²) in [6.45, 7) is 1.85. The lowest BCUT2D eigenvalue weighted by Gasteiger charge is -2.19. The molecule has 1 aliphatic carbocycles. The molecule has 11 heteroatoms. The van der Waals surface area contributed by atoms with Crippen molar-refractivity contribution in [3.05, 3.63) is 45.6 Å². The lowest BCUT2D eigenvalue weighted by atomic mass is 9.95. The van der Waals surface area contributed by atoms with Crippen molar-refractivity contribution >= 4 is 23.5 Å². The smallest absolute Gasteiger partial charge is 0.325 e. The first kappa shape index (κ1) is 31.3. The van der Waals surface area contributed by atoms with Crippen molar-refractivity contribution in [3.8, 4) is 28.4 Å². The van der Waals surface area contributed by atoms with E-state index in [9.17, 15) is 19.2 Å². The Morgan fingerprint density at radius 2 is 1.71 bits per heavy atom. The molecular formula is C30H39N3O8. The Hall–Kier alpha value is -4.28. The summed E-state index contributed by atoms with van der Waals surface area (Å²) in [6, 6.07) is 6.73. The van der Waals surface area contributed by atoms with Crippen LogP contribution in [0.2, 0.25) is 0 Å². The second-order valence-electron chi connectivity index (χ2n) is 9.69. The topological polar surface area (TPSA) is 141 Å². The van der Waals surface area contributed by atoms with Crippen molar-refractivity contribution in [3.63, 3.8) is 0 Å². The van der Waals surface area contributed by atoms with Gasteiger partial charge in [0.1, 0.15) is 6.54 Å². The number of unbranched alkanes of at least 4 members (excludes halogenated alkanes) is 2. The van der Waals surface area contributed by atoms with Crippen LogP contribution in [0.3, 0.4) is 0 Å². The van der Waals surface area contributed by atoms with Crippen LogP contribution in [0.4, 0.5) is 5.69 Å².